The molecule has 3 nitrogen and oxygen atoms in total. The van der Waals surface area contributed by atoms with Gasteiger partial charge in [-0.25, -0.2) is 15.0 Å². The Hall–Kier alpha value is -5.93. The van der Waals surface area contributed by atoms with Crippen LogP contribution in [-0.4, -0.2) is 15.0 Å². The zero-order valence-corrected chi connectivity index (χ0v) is 30.2. The van der Waals surface area contributed by atoms with E-state index in [2.05, 4.69) is 155 Å². The molecular formula is C49H41N3. The van der Waals surface area contributed by atoms with E-state index in [0.29, 0.717) is 17.5 Å². The summed E-state index contributed by atoms with van der Waals surface area (Å²) in [6.45, 7) is 9.58. The molecule has 1 aliphatic rings. The van der Waals surface area contributed by atoms with Crippen molar-refractivity contribution in [1.82, 2.24) is 15.0 Å². The second-order valence-corrected chi connectivity index (χ2v) is 15.6. The van der Waals surface area contributed by atoms with Gasteiger partial charge in [-0.15, -0.1) is 0 Å². The molecule has 0 spiro atoms. The van der Waals surface area contributed by atoms with Gasteiger partial charge in [-0.2, -0.15) is 0 Å². The van der Waals surface area contributed by atoms with Gasteiger partial charge in [-0.05, 0) is 90.7 Å². The second kappa shape index (κ2) is 12.4. The van der Waals surface area contributed by atoms with Crippen molar-refractivity contribution >= 4 is 21.5 Å². The highest BCUT2D eigenvalue weighted by atomic mass is 15.0. The lowest BCUT2D eigenvalue weighted by atomic mass is 9.63. The fraction of sp³-hybridized carbons (Fsp3) is 0.163. The van der Waals surface area contributed by atoms with Gasteiger partial charge in [-0.3, -0.25) is 0 Å². The first-order valence-corrected chi connectivity index (χ1v) is 18.3. The van der Waals surface area contributed by atoms with E-state index < -0.39 is 0 Å². The molecule has 0 aliphatic heterocycles. The highest BCUT2D eigenvalue weighted by molar-refractivity contribution is 6.09. The van der Waals surface area contributed by atoms with E-state index >= 15 is 0 Å². The highest BCUT2D eigenvalue weighted by Crippen LogP contribution is 2.47. The predicted molar refractivity (Wildman–Crippen MR) is 217 cm³/mol. The first-order valence-electron chi connectivity index (χ1n) is 18.3. The number of aromatic nitrogens is 3. The fourth-order valence-electron chi connectivity index (χ4n) is 7.93. The van der Waals surface area contributed by atoms with Gasteiger partial charge < -0.3 is 0 Å². The zero-order valence-electron chi connectivity index (χ0n) is 30.2. The number of nitrogens with zero attached hydrogens (tertiary/aromatic N) is 3. The standard InChI is InChI=1S/C49H41N3/c1-48(2)27-28-49(3,4)44-31-39(25-26-43(44)48)38-23-19-34-17-18-35-20-24-40(30-42(35)41(34)29-38)47-51-45(36-13-9-6-10-14-36)50-46(52-47)37-21-15-33(16-22-37)32-11-7-5-8-12-32/h5-26,29-31H,27-28H2,1-4H3. The lowest BCUT2D eigenvalue weighted by molar-refractivity contribution is 0.332. The third kappa shape index (κ3) is 5.77. The van der Waals surface area contributed by atoms with Crippen molar-refractivity contribution in [2.45, 2.75) is 51.4 Å². The molecule has 3 heteroatoms. The Kier molecular flexibility index (Phi) is 7.62. The summed E-state index contributed by atoms with van der Waals surface area (Å²) in [5.74, 6) is 1.97. The van der Waals surface area contributed by atoms with Crippen LogP contribution in [0.3, 0.4) is 0 Å². The predicted octanol–water partition coefficient (Wildman–Crippen LogP) is 12.9. The Morgan fingerprint density at radius 3 is 1.35 bits per heavy atom. The van der Waals surface area contributed by atoms with E-state index in [1.807, 2.05) is 24.3 Å². The van der Waals surface area contributed by atoms with E-state index in [-0.39, 0.29) is 10.8 Å². The van der Waals surface area contributed by atoms with Crippen LogP contribution < -0.4 is 0 Å². The van der Waals surface area contributed by atoms with Crippen LogP contribution in [0.2, 0.25) is 0 Å². The smallest absolute Gasteiger partial charge is 0.164 e. The highest BCUT2D eigenvalue weighted by Gasteiger charge is 2.37. The van der Waals surface area contributed by atoms with E-state index in [1.165, 1.54) is 62.2 Å². The quantitative estimate of drug-likeness (QED) is 0.171. The van der Waals surface area contributed by atoms with Crippen LogP contribution >= 0.6 is 0 Å². The molecule has 0 saturated carbocycles. The zero-order chi connectivity index (χ0) is 35.5. The van der Waals surface area contributed by atoms with Gasteiger partial charge in [0, 0.05) is 16.7 Å². The van der Waals surface area contributed by atoms with Crippen molar-refractivity contribution < 1.29 is 0 Å². The molecule has 0 atom stereocenters. The molecule has 1 heterocycles. The van der Waals surface area contributed by atoms with Crippen molar-refractivity contribution in [3.8, 4) is 56.4 Å². The third-order valence-corrected chi connectivity index (χ3v) is 11.2. The summed E-state index contributed by atoms with van der Waals surface area (Å²) < 4.78 is 0. The minimum atomic E-state index is 0.158. The van der Waals surface area contributed by atoms with Crippen molar-refractivity contribution in [2.24, 2.45) is 0 Å². The molecule has 0 saturated heterocycles. The summed E-state index contributed by atoms with van der Waals surface area (Å²) in [4.78, 5) is 15.1. The molecule has 0 radical (unpaired) electrons. The van der Waals surface area contributed by atoms with Crippen LogP contribution in [0, 0.1) is 0 Å². The largest absolute Gasteiger partial charge is 0.208 e. The van der Waals surface area contributed by atoms with Gasteiger partial charge in [0.1, 0.15) is 0 Å². The Morgan fingerprint density at radius 1 is 0.346 bits per heavy atom. The summed E-state index contributed by atoms with van der Waals surface area (Å²) >= 11 is 0. The molecule has 9 rings (SSSR count). The molecule has 8 aromatic rings. The van der Waals surface area contributed by atoms with Crippen LogP contribution in [0.1, 0.15) is 51.7 Å². The Labute approximate surface area is 306 Å². The second-order valence-electron chi connectivity index (χ2n) is 15.6. The normalized spacial score (nSPS) is 14.7. The average Bonchev–Trinajstić information content (AvgIpc) is 3.19. The Bertz CT molecular complexity index is 2600. The summed E-state index contributed by atoms with van der Waals surface area (Å²) in [5, 5.41) is 4.82. The molecule has 1 aromatic heterocycles. The fourth-order valence-corrected chi connectivity index (χ4v) is 7.93. The van der Waals surface area contributed by atoms with Crippen molar-refractivity contribution in [3.63, 3.8) is 0 Å². The molecule has 0 unspecified atom stereocenters. The maximum absolute atomic E-state index is 5.10. The van der Waals surface area contributed by atoms with E-state index in [0.717, 1.165) is 22.3 Å². The number of hydrogen-bond acceptors (Lipinski definition) is 3. The molecule has 0 bridgehead atoms. The third-order valence-electron chi connectivity index (χ3n) is 11.2. The van der Waals surface area contributed by atoms with Gasteiger partial charge in [0.15, 0.2) is 17.5 Å². The molecule has 0 N–H and O–H groups in total. The minimum Gasteiger partial charge on any atom is -0.208 e. The Morgan fingerprint density at radius 2 is 0.731 bits per heavy atom. The van der Waals surface area contributed by atoms with Gasteiger partial charge in [0.25, 0.3) is 0 Å². The van der Waals surface area contributed by atoms with E-state index in [9.17, 15) is 0 Å². The summed E-state index contributed by atoms with van der Waals surface area (Å²) in [6, 6.07) is 54.2. The molecule has 252 valence electrons. The summed E-state index contributed by atoms with van der Waals surface area (Å²) in [7, 11) is 0. The van der Waals surface area contributed by atoms with Crippen LogP contribution in [0.15, 0.2) is 152 Å². The first kappa shape index (κ1) is 32.0. The van der Waals surface area contributed by atoms with E-state index in [4.69, 9.17) is 15.0 Å². The lowest BCUT2D eigenvalue weighted by Crippen LogP contribution is -2.33. The number of rotatable bonds is 5. The van der Waals surface area contributed by atoms with Gasteiger partial charge in [-0.1, -0.05) is 167 Å². The van der Waals surface area contributed by atoms with Crippen molar-refractivity contribution in [1.29, 1.82) is 0 Å². The first-order chi connectivity index (χ1) is 25.2. The molecular weight excluding hydrogens is 631 g/mol. The monoisotopic (exact) mass is 671 g/mol. The number of fused-ring (bicyclic) bond motifs is 4. The average molecular weight is 672 g/mol. The summed E-state index contributed by atoms with van der Waals surface area (Å²) in [6.07, 6.45) is 2.41. The van der Waals surface area contributed by atoms with Crippen molar-refractivity contribution in [2.75, 3.05) is 0 Å². The molecule has 0 fully saturated rings. The van der Waals surface area contributed by atoms with Crippen molar-refractivity contribution in [3.05, 3.63) is 163 Å². The van der Waals surface area contributed by atoms with Crippen LogP contribution in [-0.2, 0) is 10.8 Å². The molecule has 52 heavy (non-hydrogen) atoms. The SMILES string of the molecule is CC1(C)CCC(C)(C)c2cc(-c3ccc4ccc5ccc(-c6nc(-c7ccccc7)nc(-c7ccc(-c8ccccc8)cc7)n6)cc5c4c3)ccc21. The lowest BCUT2D eigenvalue weighted by Gasteiger charge is -2.42. The van der Waals surface area contributed by atoms with Crippen LogP contribution in [0.25, 0.3) is 78.0 Å². The Balaban J connectivity index is 1.16. The number of benzene rings is 7. The van der Waals surface area contributed by atoms with Crippen LogP contribution in [0.4, 0.5) is 0 Å². The van der Waals surface area contributed by atoms with E-state index in [1.54, 1.807) is 0 Å². The topological polar surface area (TPSA) is 38.7 Å². The van der Waals surface area contributed by atoms with Crippen LogP contribution in [0.5, 0.6) is 0 Å². The molecule has 7 aromatic carbocycles. The molecule has 0 amide bonds. The number of hydrogen-bond donors (Lipinski definition) is 0. The minimum absolute atomic E-state index is 0.158. The molecule has 1 aliphatic carbocycles. The van der Waals surface area contributed by atoms with Gasteiger partial charge in [0.05, 0.1) is 0 Å². The van der Waals surface area contributed by atoms with Gasteiger partial charge >= 0.3 is 0 Å². The maximum atomic E-state index is 5.10. The van der Waals surface area contributed by atoms with Gasteiger partial charge in [0.2, 0.25) is 0 Å². The maximum Gasteiger partial charge on any atom is 0.164 e. The summed E-state index contributed by atoms with van der Waals surface area (Å²) in [5.41, 5.74) is 11.0.